The second-order valence-electron chi connectivity index (χ2n) is 6.28. The Labute approximate surface area is 191 Å². The summed E-state index contributed by atoms with van der Waals surface area (Å²) in [7, 11) is 0. The van der Waals surface area contributed by atoms with Crippen molar-refractivity contribution in [3.8, 4) is 5.75 Å². The van der Waals surface area contributed by atoms with Crippen LogP contribution >= 0.6 is 23.1 Å². The van der Waals surface area contributed by atoms with Crippen molar-refractivity contribution in [3.05, 3.63) is 60.2 Å². The quantitative estimate of drug-likeness (QED) is 0.298. The first-order chi connectivity index (χ1) is 15.6. The highest BCUT2D eigenvalue weighted by Crippen LogP contribution is 2.32. The molecular formula is C20H19FN8OS2. The smallest absolute Gasteiger partial charge is 0.232 e. The van der Waals surface area contributed by atoms with Gasteiger partial charge in [-0.25, -0.2) is 4.39 Å². The van der Waals surface area contributed by atoms with Crippen LogP contribution in [0.15, 0.2) is 52.9 Å². The minimum Gasteiger partial charge on any atom is -0.492 e. The van der Waals surface area contributed by atoms with E-state index in [9.17, 15) is 4.39 Å². The molecule has 0 atom stereocenters. The fourth-order valence-electron chi connectivity index (χ4n) is 2.63. The van der Waals surface area contributed by atoms with E-state index in [1.54, 1.807) is 12.1 Å². The van der Waals surface area contributed by atoms with Gasteiger partial charge in [0.15, 0.2) is 4.34 Å². The lowest BCUT2D eigenvalue weighted by atomic mass is 10.3. The maximum Gasteiger partial charge on any atom is 0.232 e. The van der Waals surface area contributed by atoms with E-state index in [-0.39, 0.29) is 17.7 Å². The minimum absolute atomic E-state index is 0.0902. The Morgan fingerprint density at radius 1 is 1.03 bits per heavy atom. The molecule has 0 aliphatic rings. The van der Waals surface area contributed by atoms with Crippen molar-refractivity contribution in [1.82, 2.24) is 25.1 Å². The van der Waals surface area contributed by atoms with Crippen LogP contribution in [0.4, 0.5) is 32.8 Å². The van der Waals surface area contributed by atoms with Crippen LogP contribution in [0.1, 0.15) is 12.7 Å². The SMILES string of the molecule is CCOc1ccccc1Nc1nnc(SCc2nc(N)nc(Nc3ccc(F)cc3)n2)s1. The summed E-state index contributed by atoms with van der Waals surface area (Å²) in [6.07, 6.45) is 0. The Morgan fingerprint density at radius 2 is 1.84 bits per heavy atom. The molecule has 4 aromatic rings. The third-order valence-corrected chi connectivity index (χ3v) is 5.93. The molecule has 0 unspecified atom stereocenters. The molecule has 0 amide bonds. The lowest BCUT2D eigenvalue weighted by Gasteiger charge is -2.09. The highest BCUT2D eigenvalue weighted by molar-refractivity contribution is 8.00. The molecule has 9 nitrogen and oxygen atoms in total. The van der Waals surface area contributed by atoms with Gasteiger partial charge in [0.25, 0.3) is 0 Å². The first kappa shape index (κ1) is 21.7. The summed E-state index contributed by atoms with van der Waals surface area (Å²) in [6, 6.07) is 13.5. The number of thioether (sulfide) groups is 1. The van der Waals surface area contributed by atoms with Crippen molar-refractivity contribution in [1.29, 1.82) is 0 Å². The summed E-state index contributed by atoms with van der Waals surface area (Å²) in [6.45, 7) is 2.51. The van der Waals surface area contributed by atoms with E-state index in [4.69, 9.17) is 10.5 Å². The number of hydrogen-bond acceptors (Lipinski definition) is 11. The molecule has 0 aliphatic heterocycles. The zero-order chi connectivity index (χ0) is 22.3. The summed E-state index contributed by atoms with van der Waals surface area (Å²) in [5, 5.41) is 15.3. The minimum atomic E-state index is -0.324. The molecule has 2 aromatic heterocycles. The predicted molar refractivity (Wildman–Crippen MR) is 124 cm³/mol. The number of nitrogens with zero attached hydrogens (tertiary/aromatic N) is 5. The Kier molecular flexibility index (Phi) is 6.92. The largest absolute Gasteiger partial charge is 0.492 e. The van der Waals surface area contributed by atoms with Gasteiger partial charge in [-0.05, 0) is 43.3 Å². The molecule has 0 bridgehead atoms. The summed E-state index contributed by atoms with van der Waals surface area (Å²) >= 11 is 2.84. The van der Waals surface area contributed by atoms with Crippen molar-refractivity contribution in [2.75, 3.05) is 23.0 Å². The van der Waals surface area contributed by atoms with Gasteiger partial charge in [-0.1, -0.05) is 35.2 Å². The van der Waals surface area contributed by atoms with E-state index in [0.717, 1.165) is 15.8 Å². The lowest BCUT2D eigenvalue weighted by Crippen LogP contribution is -2.06. The monoisotopic (exact) mass is 470 g/mol. The van der Waals surface area contributed by atoms with Gasteiger partial charge in [-0.3, -0.25) is 0 Å². The number of aromatic nitrogens is 5. The highest BCUT2D eigenvalue weighted by Gasteiger charge is 2.11. The number of rotatable bonds is 9. The average molecular weight is 471 g/mol. The number of halogens is 1. The Bertz CT molecular complexity index is 1190. The Balaban J connectivity index is 1.39. The summed E-state index contributed by atoms with van der Waals surface area (Å²) in [5.41, 5.74) is 7.28. The predicted octanol–water partition coefficient (Wildman–Crippen LogP) is 4.62. The molecular weight excluding hydrogens is 451 g/mol. The number of hydrogen-bond donors (Lipinski definition) is 3. The fraction of sp³-hybridized carbons (Fsp3) is 0.150. The zero-order valence-corrected chi connectivity index (χ0v) is 18.6. The van der Waals surface area contributed by atoms with Crippen LogP contribution in [0.5, 0.6) is 5.75 Å². The summed E-state index contributed by atoms with van der Waals surface area (Å²) in [5.74, 6) is 1.71. The van der Waals surface area contributed by atoms with Crippen LogP contribution in [0.2, 0.25) is 0 Å². The molecule has 0 aliphatic carbocycles. The number of nitrogens with one attached hydrogen (secondary N) is 2. The van der Waals surface area contributed by atoms with E-state index in [2.05, 4.69) is 35.8 Å². The van der Waals surface area contributed by atoms with Crippen LogP contribution in [-0.4, -0.2) is 31.8 Å². The second kappa shape index (κ2) is 10.2. The second-order valence-corrected chi connectivity index (χ2v) is 8.48. The van der Waals surface area contributed by atoms with E-state index in [1.165, 1.54) is 35.2 Å². The third kappa shape index (κ3) is 5.80. The van der Waals surface area contributed by atoms with Crippen molar-refractivity contribution >= 4 is 51.5 Å². The Morgan fingerprint density at radius 3 is 2.66 bits per heavy atom. The van der Waals surface area contributed by atoms with Crippen LogP contribution < -0.4 is 21.1 Å². The lowest BCUT2D eigenvalue weighted by molar-refractivity contribution is 0.342. The number of ether oxygens (including phenoxy) is 1. The normalized spacial score (nSPS) is 10.7. The first-order valence-electron chi connectivity index (χ1n) is 9.57. The number of anilines is 5. The molecule has 2 aromatic carbocycles. The molecule has 164 valence electrons. The van der Waals surface area contributed by atoms with Gasteiger partial charge in [0.2, 0.25) is 17.0 Å². The fourth-order valence-corrected chi connectivity index (χ4v) is 4.25. The van der Waals surface area contributed by atoms with Gasteiger partial charge in [-0.2, -0.15) is 15.0 Å². The molecule has 0 saturated carbocycles. The van der Waals surface area contributed by atoms with Crippen LogP contribution in [0.3, 0.4) is 0 Å². The Hall–Kier alpha value is -3.51. The number of benzene rings is 2. The van der Waals surface area contributed by atoms with Gasteiger partial charge < -0.3 is 21.1 Å². The summed E-state index contributed by atoms with van der Waals surface area (Å²) < 4.78 is 19.4. The molecule has 12 heteroatoms. The van der Waals surface area contributed by atoms with E-state index in [0.29, 0.717) is 29.0 Å². The molecule has 0 fully saturated rings. The molecule has 0 saturated heterocycles. The molecule has 32 heavy (non-hydrogen) atoms. The maximum atomic E-state index is 13.1. The summed E-state index contributed by atoms with van der Waals surface area (Å²) in [4.78, 5) is 12.6. The maximum absolute atomic E-state index is 13.1. The van der Waals surface area contributed by atoms with E-state index < -0.39 is 0 Å². The van der Waals surface area contributed by atoms with Crippen molar-refractivity contribution < 1.29 is 9.13 Å². The van der Waals surface area contributed by atoms with Crippen molar-refractivity contribution in [2.45, 2.75) is 17.0 Å². The van der Waals surface area contributed by atoms with Crippen molar-refractivity contribution in [2.24, 2.45) is 0 Å². The molecule has 0 radical (unpaired) electrons. The van der Waals surface area contributed by atoms with Gasteiger partial charge in [0, 0.05) is 5.69 Å². The standard InChI is InChI=1S/C20H19FN8OS2/c1-2-30-15-6-4-3-5-14(15)24-19-28-29-20(32-19)31-11-16-25-17(22)27-18(26-16)23-13-9-7-12(21)8-10-13/h3-10H,2,11H2,1H3,(H,24,28)(H3,22,23,25,26,27). The molecule has 4 rings (SSSR count). The van der Waals surface area contributed by atoms with Crippen LogP contribution in [-0.2, 0) is 5.75 Å². The molecule has 4 N–H and O–H groups in total. The van der Waals surface area contributed by atoms with Gasteiger partial charge in [-0.15, -0.1) is 10.2 Å². The van der Waals surface area contributed by atoms with Crippen LogP contribution in [0.25, 0.3) is 0 Å². The number of nitrogen functional groups attached to an aromatic ring is 1. The molecule has 2 heterocycles. The van der Waals surface area contributed by atoms with Gasteiger partial charge in [0.05, 0.1) is 18.0 Å². The van der Waals surface area contributed by atoms with Crippen LogP contribution in [0, 0.1) is 5.82 Å². The number of nitrogens with two attached hydrogens (primary N) is 1. The average Bonchev–Trinajstić information content (AvgIpc) is 3.22. The van der Waals surface area contributed by atoms with E-state index in [1.807, 2.05) is 31.2 Å². The molecule has 0 spiro atoms. The van der Waals surface area contributed by atoms with E-state index >= 15 is 0 Å². The zero-order valence-electron chi connectivity index (χ0n) is 16.9. The first-order valence-corrected chi connectivity index (χ1v) is 11.4. The number of para-hydroxylation sites is 2. The van der Waals surface area contributed by atoms with Gasteiger partial charge in [0.1, 0.15) is 17.4 Å². The third-order valence-electron chi connectivity index (χ3n) is 3.96. The van der Waals surface area contributed by atoms with Crippen molar-refractivity contribution in [3.63, 3.8) is 0 Å². The topological polar surface area (TPSA) is 124 Å². The highest BCUT2D eigenvalue weighted by atomic mass is 32.2. The van der Waals surface area contributed by atoms with Gasteiger partial charge >= 0.3 is 0 Å².